The minimum Gasteiger partial charge on any atom is -0.490 e. The molecule has 0 radical (unpaired) electrons. The zero-order chi connectivity index (χ0) is 23.8. The number of rotatable bonds is 10. The Morgan fingerprint density at radius 2 is 1.91 bits per heavy atom. The minimum absolute atomic E-state index is 0.213. The molecule has 0 bridgehead atoms. The zero-order valence-corrected chi connectivity index (χ0v) is 20.4. The number of carbonyl (C=O) groups excluding carboxylic acids is 1. The van der Waals surface area contributed by atoms with Gasteiger partial charge in [0, 0.05) is 10.9 Å². The number of halogens is 1. The van der Waals surface area contributed by atoms with Crippen molar-refractivity contribution in [2.75, 3.05) is 19.8 Å². The van der Waals surface area contributed by atoms with Crippen LogP contribution in [-0.4, -0.2) is 41.7 Å². The largest absolute Gasteiger partial charge is 0.490 e. The quantitative estimate of drug-likeness (QED) is 0.294. The van der Waals surface area contributed by atoms with Crippen LogP contribution in [0.25, 0.3) is 10.9 Å². The summed E-state index contributed by atoms with van der Waals surface area (Å²) in [6, 6.07) is 10.6. The van der Waals surface area contributed by atoms with Crippen LogP contribution in [-0.2, 0) is 16.0 Å². The highest BCUT2D eigenvalue weighted by Crippen LogP contribution is 2.28. The molecule has 0 aliphatic heterocycles. The Kier molecular flexibility index (Phi) is 8.59. The van der Waals surface area contributed by atoms with Crippen LogP contribution in [0, 0.1) is 0 Å². The lowest BCUT2D eigenvalue weighted by Gasteiger charge is -2.12. The highest BCUT2D eigenvalue weighted by atomic mass is 79.9. The number of aryl methyl sites for hydroxylation is 1. The van der Waals surface area contributed by atoms with E-state index in [0.29, 0.717) is 46.8 Å². The Hall–Kier alpha value is -3.20. The molecule has 0 N–H and O–H groups in total. The SMILES string of the molecule is CCCc1nc2ccc(Br)cc2c(=O)n1N=Cc1ccc(OCC(=O)OCC)c(OCC)c1. The van der Waals surface area contributed by atoms with Crippen LogP contribution in [0.4, 0.5) is 0 Å². The molecule has 3 rings (SSSR count). The third kappa shape index (κ3) is 6.19. The molecule has 0 atom stereocenters. The minimum atomic E-state index is -0.455. The molecule has 3 aromatic rings. The first-order valence-electron chi connectivity index (χ1n) is 10.8. The van der Waals surface area contributed by atoms with Gasteiger partial charge in [-0.3, -0.25) is 4.79 Å². The van der Waals surface area contributed by atoms with E-state index in [0.717, 1.165) is 10.9 Å². The van der Waals surface area contributed by atoms with E-state index in [1.165, 1.54) is 4.68 Å². The van der Waals surface area contributed by atoms with E-state index >= 15 is 0 Å². The molecule has 1 aromatic heterocycles. The molecular weight excluding hydrogens is 490 g/mol. The Balaban J connectivity index is 1.94. The highest BCUT2D eigenvalue weighted by molar-refractivity contribution is 9.10. The Morgan fingerprint density at radius 3 is 2.64 bits per heavy atom. The number of aromatic nitrogens is 2. The van der Waals surface area contributed by atoms with Crippen LogP contribution in [0.3, 0.4) is 0 Å². The van der Waals surface area contributed by atoms with Gasteiger partial charge in [-0.25, -0.2) is 9.78 Å². The number of fused-ring (bicyclic) bond motifs is 1. The van der Waals surface area contributed by atoms with Crippen LogP contribution in [0.2, 0.25) is 0 Å². The monoisotopic (exact) mass is 515 g/mol. The maximum Gasteiger partial charge on any atom is 0.344 e. The second kappa shape index (κ2) is 11.6. The summed E-state index contributed by atoms with van der Waals surface area (Å²) in [6.45, 7) is 6.10. The standard InChI is InChI=1S/C24H26BrN3O5/c1-4-7-22-27-19-10-9-17(25)13-18(19)24(30)28(22)26-14-16-8-11-20(21(12-16)31-5-2)33-15-23(29)32-6-3/h8-14H,4-7,15H2,1-3H3. The zero-order valence-electron chi connectivity index (χ0n) is 18.8. The maximum absolute atomic E-state index is 13.1. The molecule has 0 spiro atoms. The van der Waals surface area contributed by atoms with Crippen molar-refractivity contribution in [2.45, 2.75) is 33.6 Å². The number of ether oxygens (including phenoxy) is 3. The molecule has 0 unspecified atom stereocenters. The predicted molar refractivity (Wildman–Crippen MR) is 130 cm³/mol. The third-order valence-corrected chi connectivity index (χ3v) is 5.08. The van der Waals surface area contributed by atoms with Crippen LogP contribution in [0.5, 0.6) is 11.5 Å². The molecule has 174 valence electrons. The van der Waals surface area contributed by atoms with Gasteiger partial charge in [-0.05, 0) is 62.2 Å². The van der Waals surface area contributed by atoms with Gasteiger partial charge < -0.3 is 14.2 Å². The summed E-state index contributed by atoms with van der Waals surface area (Å²) in [6.07, 6.45) is 3.01. The summed E-state index contributed by atoms with van der Waals surface area (Å²) in [5.74, 6) is 1.02. The Morgan fingerprint density at radius 1 is 1.09 bits per heavy atom. The average molecular weight is 516 g/mol. The van der Waals surface area contributed by atoms with Crippen LogP contribution >= 0.6 is 15.9 Å². The summed E-state index contributed by atoms with van der Waals surface area (Å²) >= 11 is 3.41. The summed E-state index contributed by atoms with van der Waals surface area (Å²) in [4.78, 5) is 29.4. The molecule has 0 amide bonds. The molecule has 0 fully saturated rings. The highest BCUT2D eigenvalue weighted by Gasteiger charge is 2.12. The van der Waals surface area contributed by atoms with Gasteiger partial charge in [0.1, 0.15) is 5.82 Å². The maximum atomic E-state index is 13.1. The van der Waals surface area contributed by atoms with E-state index in [-0.39, 0.29) is 18.8 Å². The van der Waals surface area contributed by atoms with Gasteiger partial charge in [-0.15, -0.1) is 0 Å². The fraction of sp³-hybridized carbons (Fsp3) is 0.333. The van der Waals surface area contributed by atoms with Crippen molar-refractivity contribution in [3.63, 3.8) is 0 Å². The van der Waals surface area contributed by atoms with Crippen molar-refractivity contribution in [1.29, 1.82) is 0 Å². The summed E-state index contributed by atoms with van der Waals surface area (Å²) in [7, 11) is 0. The van der Waals surface area contributed by atoms with Crippen molar-refractivity contribution in [2.24, 2.45) is 5.10 Å². The van der Waals surface area contributed by atoms with Crippen molar-refractivity contribution >= 4 is 39.0 Å². The number of esters is 1. The molecule has 2 aromatic carbocycles. The number of benzene rings is 2. The van der Waals surface area contributed by atoms with Crippen LogP contribution in [0.15, 0.2) is 50.8 Å². The van der Waals surface area contributed by atoms with Gasteiger partial charge in [0.2, 0.25) is 0 Å². The molecule has 33 heavy (non-hydrogen) atoms. The van der Waals surface area contributed by atoms with E-state index in [1.54, 1.807) is 37.4 Å². The normalized spacial score (nSPS) is 11.2. The first-order valence-corrected chi connectivity index (χ1v) is 11.6. The lowest BCUT2D eigenvalue weighted by molar-refractivity contribution is -0.145. The summed E-state index contributed by atoms with van der Waals surface area (Å²) in [5, 5.41) is 4.92. The molecular formula is C24H26BrN3O5. The summed E-state index contributed by atoms with van der Waals surface area (Å²) < 4.78 is 18.2. The van der Waals surface area contributed by atoms with Crippen molar-refractivity contribution in [3.8, 4) is 11.5 Å². The van der Waals surface area contributed by atoms with Crippen LogP contribution in [0.1, 0.15) is 38.6 Å². The number of carbonyl (C=O) groups is 1. The molecule has 8 nitrogen and oxygen atoms in total. The number of hydrogen-bond acceptors (Lipinski definition) is 7. The van der Waals surface area contributed by atoms with E-state index in [1.807, 2.05) is 26.0 Å². The fourth-order valence-corrected chi connectivity index (χ4v) is 3.52. The van der Waals surface area contributed by atoms with Gasteiger partial charge in [0.15, 0.2) is 18.1 Å². The van der Waals surface area contributed by atoms with Gasteiger partial charge in [0.25, 0.3) is 5.56 Å². The Bertz CT molecular complexity index is 1220. The van der Waals surface area contributed by atoms with Gasteiger partial charge in [-0.1, -0.05) is 22.9 Å². The average Bonchev–Trinajstić information content (AvgIpc) is 2.79. The second-order valence-electron chi connectivity index (χ2n) is 7.03. The molecule has 0 aliphatic rings. The Labute approximate surface area is 200 Å². The lowest BCUT2D eigenvalue weighted by Crippen LogP contribution is -2.22. The van der Waals surface area contributed by atoms with Gasteiger partial charge >= 0.3 is 5.97 Å². The van der Waals surface area contributed by atoms with E-state index < -0.39 is 5.97 Å². The summed E-state index contributed by atoms with van der Waals surface area (Å²) in [5.41, 5.74) is 1.10. The molecule has 0 saturated heterocycles. The van der Waals surface area contributed by atoms with E-state index in [9.17, 15) is 9.59 Å². The van der Waals surface area contributed by atoms with Gasteiger partial charge in [0.05, 0.1) is 30.3 Å². The van der Waals surface area contributed by atoms with E-state index in [2.05, 4.69) is 26.0 Å². The number of nitrogens with zero attached hydrogens (tertiary/aromatic N) is 3. The molecule has 0 aliphatic carbocycles. The van der Waals surface area contributed by atoms with Gasteiger partial charge in [-0.2, -0.15) is 9.78 Å². The van der Waals surface area contributed by atoms with Crippen molar-refractivity contribution in [1.82, 2.24) is 9.66 Å². The van der Waals surface area contributed by atoms with E-state index in [4.69, 9.17) is 14.2 Å². The third-order valence-electron chi connectivity index (χ3n) is 4.59. The topological polar surface area (TPSA) is 92.0 Å². The van der Waals surface area contributed by atoms with Crippen LogP contribution < -0.4 is 15.0 Å². The predicted octanol–water partition coefficient (Wildman–Crippen LogP) is 4.33. The lowest BCUT2D eigenvalue weighted by atomic mass is 10.2. The first kappa shape index (κ1) is 24.4. The fourth-order valence-electron chi connectivity index (χ4n) is 3.16. The molecule has 1 heterocycles. The molecule has 9 heteroatoms. The van der Waals surface area contributed by atoms with Crippen molar-refractivity contribution in [3.05, 3.63) is 62.6 Å². The molecule has 0 saturated carbocycles. The number of hydrogen-bond donors (Lipinski definition) is 0. The smallest absolute Gasteiger partial charge is 0.344 e. The first-order chi connectivity index (χ1) is 16.0. The van der Waals surface area contributed by atoms with Crippen molar-refractivity contribution < 1.29 is 19.0 Å². The second-order valence-corrected chi connectivity index (χ2v) is 7.95.